The first kappa shape index (κ1) is 20.2. The molecule has 1 N–H and O–H groups in total. The lowest BCUT2D eigenvalue weighted by Crippen LogP contribution is -2.60. The number of amides is 1. The molecule has 3 heterocycles. The normalized spacial score (nSPS) is 19.7. The highest BCUT2D eigenvalue weighted by molar-refractivity contribution is 5.97. The molecular weight excluding hydrogens is 397 g/mol. The maximum absolute atomic E-state index is 14.0. The number of piperidine rings is 1. The first-order valence-corrected chi connectivity index (χ1v) is 11.1. The van der Waals surface area contributed by atoms with E-state index in [0.717, 1.165) is 57.7 Å². The number of halogens is 1. The van der Waals surface area contributed by atoms with Gasteiger partial charge in [0.25, 0.3) is 5.91 Å². The van der Waals surface area contributed by atoms with Gasteiger partial charge in [-0.2, -0.15) is 0 Å². The van der Waals surface area contributed by atoms with Gasteiger partial charge in [0, 0.05) is 31.1 Å². The van der Waals surface area contributed by atoms with Gasteiger partial charge in [0.2, 0.25) is 0 Å². The molecule has 2 saturated heterocycles. The van der Waals surface area contributed by atoms with E-state index < -0.39 is 5.82 Å². The van der Waals surface area contributed by atoms with Crippen LogP contribution in [0.5, 0.6) is 11.5 Å². The van der Waals surface area contributed by atoms with Crippen molar-refractivity contribution in [1.82, 2.24) is 20.2 Å². The minimum absolute atomic E-state index is 0.199. The Morgan fingerprint density at radius 2 is 2.06 bits per heavy atom. The highest BCUT2D eigenvalue weighted by Crippen LogP contribution is 2.44. The van der Waals surface area contributed by atoms with Crippen LogP contribution in [0.2, 0.25) is 0 Å². The van der Waals surface area contributed by atoms with Gasteiger partial charge in [-0.1, -0.05) is 0 Å². The second-order valence-corrected chi connectivity index (χ2v) is 8.88. The number of hydrogen-bond donors (Lipinski definition) is 1. The second kappa shape index (κ2) is 8.07. The summed E-state index contributed by atoms with van der Waals surface area (Å²) in [6.07, 6.45) is 7.44. The summed E-state index contributed by atoms with van der Waals surface area (Å²) in [5, 5.41) is 3.42. The van der Waals surface area contributed by atoms with Gasteiger partial charge in [-0.15, -0.1) is 0 Å². The Bertz CT molecular complexity index is 966. The standard InChI is InChI=1S/C23H28FN5O2/c1-2-29(17-4-5-17)22(30)18-11-16(24)3-6-19(18)31-20-12-26-15-27-21(20)28-13-23(14-28)7-9-25-10-8-23/h3,6,11-12,15,17,25H,2,4-5,7-10,13-14H2,1H3. The maximum Gasteiger partial charge on any atom is 0.257 e. The van der Waals surface area contributed by atoms with Crippen molar-refractivity contribution in [3.63, 3.8) is 0 Å². The van der Waals surface area contributed by atoms with Crippen LogP contribution in [0.4, 0.5) is 10.2 Å². The van der Waals surface area contributed by atoms with E-state index in [9.17, 15) is 9.18 Å². The number of anilines is 1. The van der Waals surface area contributed by atoms with Gasteiger partial charge in [0.15, 0.2) is 11.6 Å². The first-order chi connectivity index (χ1) is 15.1. The van der Waals surface area contributed by atoms with E-state index >= 15 is 0 Å². The summed E-state index contributed by atoms with van der Waals surface area (Å²) in [4.78, 5) is 25.7. The summed E-state index contributed by atoms with van der Waals surface area (Å²) in [5.74, 6) is 0.884. The molecule has 1 saturated carbocycles. The number of carbonyl (C=O) groups excluding carboxylic acids is 1. The van der Waals surface area contributed by atoms with Crippen molar-refractivity contribution in [2.75, 3.05) is 37.6 Å². The quantitative estimate of drug-likeness (QED) is 0.766. The molecule has 0 bridgehead atoms. The lowest BCUT2D eigenvalue weighted by atomic mass is 9.72. The predicted molar refractivity (Wildman–Crippen MR) is 115 cm³/mol. The van der Waals surface area contributed by atoms with Gasteiger partial charge in [-0.05, 0) is 63.9 Å². The molecule has 0 unspecified atom stereocenters. The van der Waals surface area contributed by atoms with Crippen LogP contribution < -0.4 is 15.0 Å². The third kappa shape index (κ3) is 3.96. The predicted octanol–water partition coefficient (Wildman–Crippen LogP) is 3.22. The van der Waals surface area contributed by atoms with Crippen molar-refractivity contribution in [2.24, 2.45) is 5.41 Å². The Hall–Kier alpha value is -2.74. The van der Waals surface area contributed by atoms with Gasteiger partial charge in [-0.3, -0.25) is 4.79 Å². The van der Waals surface area contributed by atoms with Crippen LogP contribution in [0.25, 0.3) is 0 Å². The van der Waals surface area contributed by atoms with Crippen molar-refractivity contribution in [3.05, 3.63) is 42.1 Å². The van der Waals surface area contributed by atoms with Crippen molar-refractivity contribution in [2.45, 2.75) is 38.6 Å². The molecule has 1 aromatic carbocycles. The summed E-state index contributed by atoms with van der Waals surface area (Å²) in [6, 6.07) is 4.34. The second-order valence-electron chi connectivity index (χ2n) is 8.88. The van der Waals surface area contributed by atoms with Crippen LogP contribution in [-0.4, -0.2) is 59.5 Å². The van der Waals surface area contributed by atoms with Crippen molar-refractivity contribution in [1.29, 1.82) is 0 Å². The molecule has 0 radical (unpaired) electrons. The van der Waals surface area contributed by atoms with Gasteiger partial charge in [-0.25, -0.2) is 14.4 Å². The Balaban J connectivity index is 1.39. The molecule has 7 nitrogen and oxygen atoms in total. The fraction of sp³-hybridized carbons (Fsp3) is 0.522. The molecule has 3 fully saturated rings. The van der Waals surface area contributed by atoms with E-state index in [1.165, 1.54) is 24.5 Å². The number of hydrogen-bond acceptors (Lipinski definition) is 6. The first-order valence-electron chi connectivity index (χ1n) is 11.1. The number of carbonyl (C=O) groups is 1. The molecule has 1 spiro atoms. The summed E-state index contributed by atoms with van der Waals surface area (Å²) in [7, 11) is 0. The van der Waals surface area contributed by atoms with Gasteiger partial charge in [0.05, 0.1) is 11.8 Å². The lowest BCUT2D eigenvalue weighted by Gasteiger charge is -2.53. The molecule has 1 aromatic heterocycles. The number of benzene rings is 1. The Kier molecular flexibility index (Phi) is 5.25. The van der Waals surface area contributed by atoms with Gasteiger partial charge < -0.3 is 19.9 Å². The summed E-state index contributed by atoms with van der Waals surface area (Å²) in [5.41, 5.74) is 0.582. The van der Waals surface area contributed by atoms with Crippen LogP contribution >= 0.6 is 0 Å². The van der Waals surface area contributed by atoms with E-state index in [2.05, 4.69) is 20.2 Å². The Morgan fingerprint density at radius 3 is 2.77 bits per heavy atom. The summed E-state index contributed by atoms with van der Waals surface area (Å²) in [6.45, 7) is 6.50. The number of rotatable bonds is 6. The van der Waals surface area contributed by atoms with E-state index in [-0.39, 0.29) is 17.5 Å². The zero-order valence-electron chi connectivity index (χ0n) is 17.8. The molecule has 3 aliphatic rings. The fourth-order valence-electron chi connectivity index (χ4n) is 4.79. The largest absolute Gasteiger partial charge is 0.451 e. The minimum Gasteiger partial charge on any atom is -0.451 e. The molecule has 2 aromatic rings. The SMILES string of the molecule is CCN(C(=O)c1cc(F)ccc1Oc1cncnc1N1CC2(CCNCC2)C1)C1CC1. The molecule has 0 atom stereocenters. The van der Waals surface area contributed by atoms with E-state index in [0.29, 0.717) is 23.5 Å². The molecule has 8 heteroatoms. The third-order valence-electron chi connectivity index (χ3n) is 6.66. The maximum atomic E-state index is 14.0. The number of aromatic nitrogens is 2. The Labute approximate surface area is 181 Å². The highest BCUT2D eigenvalue weighted by atomic mass is 19.1. The molecular formula is C23H28FN5O2. The molecule has 2 aliphatic heterocycles. The van der Waals surface area contributed by atoms with Crippen LogP contribution in [0.3, 0.4) is 0 Å². The number of nitrogens with zero attached hydrogens (tertiary/aromatic N) is 4. The van der Waals surface area contributed by atoms with E-state index in [4.69, 9.17) is 4.74 Å². The van der Waals surface area contributed by atoms with Gasteiger partial charge in [0.1, 0.15) is 17.9 Å². The number of ether oxygens (including phenoxy) is 1. The molecule has 1 aliphatic carbocycles. The van der Waals surface area contributed by atoms with Crippen molar-refractivity contribution >= 4 is 11.7 Å². The highest BCUT2D eigenvalue weighted by Gasteiger charge is 2.44. The molecule has 164 valence electrons. The van der Waals surface area contributed by atoms with Gasteiger partial charge >= 0.3 is 0 Å². The fourth-order valence-corrected chi connectivity index (χ4v) is 4.79. The van der Waals surface area contributed by atoms with E-state index in [1.807, 2.05) is 6.92 Å². The molecule has 5 rings (SSSR count). The topological polar surface area (TPSA) is 70.6 Å². The summed E-state index contributed by atoms with van der Waals surface area (Å²) >= 11 is 0. The average molecular weight is 426 g/mol. The smallest absolute Gasteiger partial charge is 0.257 e. The third-order valence-corrected chi connectivity index (χ3v) is 6.66. The van der Waals surface area contributed by atoms with Crippen LogP contribution in [0.15, 0.2) is 30.7 Å². The zero-order chi connectivity index (χ0) is 21.4. The monoisotopic (exact) mass is 425 g/mol. The Morgan fingerprint density at radius 1 is 1.29 bits per heavy atom. The van der Waals surface area contributed by atoms with Crippen LogP contribution in [-0.2, 0) is 0 Å². The summed E-state index contributed by atoms with van der Waals surface area (Å²) < 4.78 is 20.2. The molecule has 31 heavy (non-hydrogen) atoms. The zero-order valence-corrected chi connectivity index (χ0v) is 17.8. The average Bonchev–Trinajstić information content (AvgIpc) is 3.60. The van der Waals surface area contributed by atoms with E-state index in [1.54, 1.807) is 11.1 Å². The molecule has 1 amide bonds. The number of nitrogens with one attached hydrogen (secondary N) is 1. The van der Waals surface area contributed by atoms with Crippen molar-refractivity contribution in [3.8, 4) is 11.5 Å². The van der Waals surface area contributed by atoms with Crippen LogP contribution in [0, 0.1) is 11.2 Å². The lowest BCUT2D eigenvalue weighted by molar-refractivity contribution is 0.0749. The minimum atomic E-state index is -0.456. The van der Waals surface area contributed by atoms with Crippen LogP contribution in [0.1, 0.15) is 43.0 Å². The van der Waals surface area contributed by atoms with Crippen molar-refractivity contribution < 1.29 is 13.9 Å².